The Kier molecular flexibility index (Phi) is 6.30. The molecule has 0 aliphatic carbocycles. The van der Waals surface area contributed by atoms with Crippen molar-refractivity contribution >= 4 is 23.6 Å². The number of rotatable bonds is 5. The Morgan fingerprint density at radius 1 is 1.35 bits per heavy atom. The number of carbonyl (C=O) groups excluding carboxylic acids is 2. The summed E-state index contributed by atoms with van der Waals surface area (Å²) in [5.74, 6) is -0.718. The molecule has 0 bridgehead atoms. The van der Waals surface area contributed by atoms with Crippen LogP contribution in [0.3, 0.4) is 0 Å². The molecule has 6 nitrogen and oxygen atoms in total. The van der Waals surface area contributed by atoms with E-state index in [1.165, 1.54) is 19.4 Å². The van der Waals surface area contributed by atoms with Crippen LogP contribution < -0.4 is 5.32 Å². The predicted molar refractivity (Wildman–Crippen MR) is 89.1 cm³/mol. The number of pyridine rings is 1. The first-order chi connectivity index (χ1) is 10.7. The molecule has 0 unspecified atom stereocenters. The predicted octanol–water partition coefficient (Wildman–Crippen LogP) is 3.17. The number of anilines is 1. The SMILES string of the molecule is CCO/C=C/c1c(NC(=O)C(C)(C)C)cc(C(=O)OC)nc1C. The summed E-state index contributed by atoms with van der Waals surface area (Å²) in [5.41, 5.74) is 1.34. The minimum Gasteiger partial charge on any atom is -0.501 e. The lowest BCUT2D eigenvalue weighted by Crippen LogP contribution is -2.28. The van der Waals surface area contributed by atoms with E-state index in [4.69, 9.17) is 9.47 Å². The van der Waals surface area contributed by atoms with Gasteiger partial charge in [-0.1, -0.05) is 20.8 Å². The van der Waals surface area contributed by atoms with Crippen molar-refractivity contribution in [3.05, 3.63) is 29.3 Å². The number of aryl methyl sites for hydroxylation is 1. The van der Waals surface area contributed by atoms with Crippen LogP contribution in [0.4, 0.5) is 5.69 Å². The Balaban J connectivity index is 3.32. The van der Waals surface area contributed by atoms with E-state index in [1.54, 1.807) is 13.0 Å². The molecule has 1 aromatic heterocycles. The fourth-order valence-corrected chi connectivity index (χ4v) is 1.73. The molecule has 126 valence electrons. The van der Waals surface area contributed by atoms with Crippen LogP contribution in [0.2, 0.25) is 0 Å². The first-order valence-corrected chi connectivity index (χ1v) is 7.40. The van der Waals surface area contributed by atoms with E-state index >= 15 is 0 Å². The molecule has 0 saturated carbocycles. The fourth-order valence-electron chi connectivity index (χ4n) is 1.73. The van der Waals surface area contributed by atoms with Crippen LogP contribution in [0.5, 0.6) is 0 Å². The smallest absolute Gasteiger partial charge is 0.356 e. The lowest BCUT2D eigenvalue weighted by atomic mass is 9.95. The largest absolute Gasteiger partial charge is 0.501 e. The summed E-state index contributed by atoms with van der Waals surface area (Å²) in [5, 5.41) is 2.84. The van der Waals surface area contributed by atoms with Gasteiger partial charge < -0.3 is 14.8 Å². The van der Waals surface area contributed by atoms with Gasteiger partial charge in [-0.25, -0.2) is 9.78 Å². The van der Waals surface area contributed by atoms with Gasteiger partial charge in [0.05, 0.1) is 25.7 Å². The second-order valence-corrected chi connectivity index (χ2v) is 6.01. The van der Waals surface area contributed by atoms with Gasteiger partial charge in [-0.05, 0) is 26.0 Å². The lowest BCUT2D eigenvalue weighted by Gasteiger charge is -2.19. The van der Waals surface area contributed by atoms with Crippen LogP contribution in [0.25, 0.3) is 6.08 Å². The molecule has 1 N–H and O–H groups in total. The van der Waals surface area contributed by atoms with Gasteiger partial charge in [0, 0.05) is 16.7 Å². The van der Waals surface area contributed by atoms with Gasteiger partial charge in [0.1, 0.15) is 0 Å². The molecule has 0 aliphatic heterocycles. The van der Waals surface area contributed by atoms with Crippen LogP contribution in [-0.2, 0) is 14.3 Å². The third-order valence-corrected chi connectivity index (χ3v) is 3.07. The van der Waals surface area contributed by atoms with E-state index in [0.29, 0.717) is 23.6 Å². The first kappa shape index (κ1) is 18.7. The highest BCUT2D eigenvalue weighted by Crippen LogP contribution is 2.25. The van der Waals surface area contributed by atoms with Crippen molar-refractivity contribution in [2.24, 2.45) is 5.41 Å². The highest BCUT2D eigenvalue weighted by atomic mass is 16.5. The molecule has 1 aromatic rings. The first-order valence-electron chi connectivity index (χ1n) is 7.40. The van der Waals surface area contributed by atoms with Crippen molar-refractivity contribution in [2.75, 3.05) is 19.0 Å². The Morgan fingerprint density at radius 2 is 2.00 bits per heavy atom. The molecule has 6 heteroatoms. The average molecular weight is 320 g/mol. The highest BCUT2D eigenvalue weighted by Gasteiger charge is 2.23. The molecule has 0 radical (unpaired) electrons. The van der Waals surface area contributed by atoms with Crippen molar-refractivity contribution in [1.29, 1.82) is 0 Å². The zero-order valence-electron chi connectivity index (χ0n) is 14.5. The molecule has 0 fully saturated rings. The van der Waals surface area contributed by atoms with Crippen molar-refractivity contribution in [3.8, 4) is 0 Å². The molecule has 1 rings (SSSR count). The minimum atomic E-state index is -0.566. The number of esters is 1. The number of hydrogen-bond acceptors (Lipinski definition) is 5. The Labute approximate surface area is 136 Å². The summed E-state index contributed by atoms with van der Waals surface area (Å²) >= 11 is 0. The van der Waals surface area contributed by atoms with Gasteiger partial charge in [-0.15, -0.1) is 0 Å². The molecule has 0 aromatic carbocycles. The lowest BCUT2D eigenvalue weighted by molar-refractivity contribution is -0.123. The third kappa shape index (κ3) is 5.09. The van der Waals surface area contributed by atoms with Crippen LogP contribution >= 0.6 is 0 Å². The topological polar surface area (TPSA) is 77.5 Å². The number of ether oxygens (including phenoxy) is 2. The second-order valence-electron chi connectivity index (χ2n) is 6.01. The van der Waals surface area contributed by atoms with Crippen LogP contribution in [0, 0.1) is 12.3 Å². The minimum absolute atomic E-state index is 0.141. The number of nitrogens with one attached hydrogen (secondary N) is 1. The fraction of sp³-hybridized carbons (Fsp3) is 0.471. The maximum absolute atomic E-state index is 12.3. The summed E-state index contributed by atoms with van der Waals surface area (Å²) in [4.78, 5) is 28.2. The molecule has 1 heterocycles. The molecule has 23 heavy (non-hydrogen) atoms. The van der Waals surface area contributed by atoms with Crippen molar-refractivity contribution < 1.29 is 19.1 Å². The Hall–Kier alpha value is -2.37. The van der Waals surface area contributed by atoms with Crippen molar-refractivity contribution in [1.82, 2.24) is 4.98 Å². The number of amides is 1. The molecular formula is C17H24N2O4. The van der Waals surface area contributed by atoms with Crippen molar-refractivity contribution in [3.63, 3.8) is 0 Å². The summed E-state index contributed by atoms with van der Waals surface area (Å²) in [6.07, 6.45) is 3.25. The summed E-state index contributed by atoms with van der Waals surface area (Å²) in [6.45, 7) is 9.60. The molecule has 0 spiro atoms. The summed E-state index contributed by atoms with van der Waals surface area (Å²) in [7, 11) is 1.29. The average Bonchev–Trinajstić information content (AvgIpc) is 2.47. The highest BCUT2D eigenvalue weighted by molar-refractivity contribution is 5.98. The number of nitrogens with zero attached hydrogens (tertiary/aromatic N) is 1. The molecule has 0 aliphatic rings. The zero-order chi connectivity index (χ0) is 17.6. The third-order valence-electron chi connectivity index (χ3n) is 3.07. The summed E-state index contributed by atoms with van der Waals surface area (Å²) in [6, 6.07) is 1.51. The maximum atomic E-state index is 12.3. The van der Waals surface area contributed by atoms with Gasteiger partial charge in [0.25, 0.3) is 0 Å². The number of hydrogen-bond donors (Lipinski definition) is 1. The van der Waals surface area contributed by atoms with E-state index in [9.17, 15) is 9.59 Å². The van der Waals surface area contributed by atoms with Crippen LogP contribution in [0.1, 0.15) is 49.4 Å². The van der Waals surface area contributed by atoms with Gasteiger partial charge in [-0.3, -0.25) is 4.79 Å². The van der Waals surface area contributed by atoms with E-state index in [2.05, 4.69) is 10.3 Å². The van der Waals surface area contributed by atoms with E-state index < -0.39 is 11.4 Å². The van der Waals surface area contributed by atoms with Gasteiger partial charge in [-0.2, -0.15) is 0 Å². The maximum Gasteiger partial charge on any atom is 0.356 e. The number of aromatic nitrogens is 1. The second kappa shape index (κ2) is 7.76. The van der Waals surface area contributed by atoms with Crippen LogP contribution in [-0.4, -0.2) is 30.6 Å². The number of carbonyl (C=O) groups is 2. The zero-order valence-corrected chi connectivity index (χ0v) is 14.5. The van der Waals surface area contributed by atoms with Gasteiger partial charge in [0.15, 0.2) is 5.69 Å². The molecule has 0 atom stereocenters. The monoisotopic (exact) mass is 320 g/mol. The summed E-state index contributed by atoms with van der Waals surface area (Å²) < 4.78 is 9.91. The standard InChI is InChI=1S/C17H24N2O4/c1-7-23-9-8-12-11(2)18-14(15(20)22-6)10-13(12)19-16(21)17(3,4)5/h8-10H,7H2,1-6H3,(H,18,19,21)/b9-8+. The number of methoxy groups -OCH3 is 1. The van der Waals surface area contributed by atoms with E-state index in [-0.39, 0.29) is 11.6 Å². The van der Waals surface area contributed by atoms with E-state index in [0.717, 1.165) is 0 Å². The molecular weight excluding hydrogens is 296 g/mol. The normalized spacial score (nSPS) is 11.4. The van der Waals surface area contributed by atoms with Gasteiger partial charge >= 0.3 is 5.97 Å². The molecule has 0 saturated heterocycles. The van der Waals surface area contributed by atoms with Gasteiger partial charge in [0.2, 0.25) is 5.91 Å². The van der Waals surface area contributed by atoms with Crippen LogP contribution in [0.15, 0.2) is 12.3 Å². The molecule has 1 amide bonds. The van der Waals surface area contributed by atoms with E-state index in [1.807, 2.05) is 27.7 Å². The Bertz CT molecular complexity index is 616. The Morgan fingerprint density at radius 3 is 2.52 bits per heavy atom. The quantitative estimate of drug-likeness (QED) is 0.666. The van der Waals surface area contributed by atoms with Crippen molar-refractivity contribution in [2.45, 2.75) is 34.6 Å².